The van der Waals surface area contributed by atoms with Gasteiger partial charge in [0.1, 0.15) is 6.07 Å². The van der Waals surface area contributed by atoms with Gasteiger partial charge in [0.15, 0.2) is 6.54 Å². The van der Waals surface area contributed by atoms with E-state index in [0.29, 0.717) is 6.54 Å². The Morgan fingerprint density at radius 1 is 1.18 bits per heavy atom. The number of nitriles is 1. The van der Waals surface area contributed by atoms with Gasteiger partial charge in [-0.05, 0) is 25.7 Å². The van der Waals surface area contributed by atoms with E-state index >= 15 is 0 Å². The highest BCUT2D eigenvalue weighted by molar-refractivity contribution is 4.68. The first kappa shape index (κ1) is 8.55. The minimum Gasteiger partial charge on any atom is -0.314 e. The molecule has 1 aliphatic rings. The normalized spacial score (nSPS) is 23.6. The highest BCUT2D eigenvalue weighted by Crippen LogP contribution is 2.14. The van der Waals surface area contributed by atoms with Crippen molar-refractivity contribution >= 4 is 0 Å². The SMILES string of the molecule is C[N+]1(CC#N)CCCCCC1. The lowest BCUT2D eigenvalue weighted by Gasteiger charge is -2.30. The first-order valence-electron chi connectivity index (χ1n) is 4.47. The van der Waals surface area contributed by atoms with E-state index in [1.54, 1.807) is 0 Å². The van der Waals surface area contributed by atoms with Gasteiger partial charge in [-0.3, -0.25) is 0 Å². The summed E-state index contributed by atoms with van der Waals surface area (Å²) in [6.07, 6.45) is 5.33. The molecular formula is C9H17N2+. The minimum atomic E-state index is 0.694. The molecule has 11 heavy (non-hydrogen) atoms. The molecule has 0 atom stereocenters. The van der Waals surface area contributed by atoms with Crippen LogP contribution in [0.15, 0.2) is 0 Å². The Bertz CT molecular complexity index is 149. The molecule has 0 aromatic heterocycles. The molecular weight excluding hydrogens is 136 g/mol. The fourth-order valence-electron chi connectivity index (χ4n) is 1.78. The van der Waals surface area contributed by atoms with Crippen molar-refractivity contribution in [3.05, 3.63) is 0 Å². The number of rotatable bonds is 1. The molecule has 62 valence electrons. The first-order valence-corrected chi connectivity index (χ1v) is 4.47. The Labute approximate surface area is 69.0 Å². The average molecular weight is 153 g/mol. The van der Waals surface area contributed by atoms with E-state index in [4.69, 9.17) is 5.26 Å². The van der Waals surface area contributed by atoms with Gasteiger partial charge in [-0.2, -0.15) is 5.26 Å². The summed E-state index contributed by atoms with van der Waals surface area (Å²) in [5, 5.41) is 8.61. The number of quaternary nitrogens is 1. The maximum Gasteiger partial charge on any atom is 0.166 e. The second kappa shape index (κ2) is 3.73. The molecule has 0 aliphatic carbocycles. The van der Waals surface area contributed by atoms with Gasteiger partial charge in [-0.15, -0.1) is 0 Å². The van der Waals surface area contributed by atoms with E-state index in [9.17, 15) is 0 Å². The first-order chi connectivity index (χ1) is 5.27. The number of hydrogen-bond acceptors (Lipinski definition) is 1. The molecule has 0 N–H and O–H groups in total. The summed E-state index contributed by atoms with van der Waals surface area (Å²) in [5.41, 5.74) is 0. The Morgan fingerprint density at radius 2 is 1.73 bits per heavy atom. The van der Waals surface area contributed by atoms with Gasteiger partial charge in [-0.1, -0.05) is 0 Å². The summed E-state index contributed by atoms with van der Waals surface area (Å²) in [5.74, 6) is 0. The van der Waals surface area contributed by atoms with E-state index < -0.39 is 0 Å². The molecule has 2 heteroatoms. The summed E-state index contributed by atoms with van der Waals surface area (Å²) in [6, 6.07) is 2.28. The minimum absolute atomic E-state index is 0.694. The van der Waals surface area contributed by atoms with Crippen LogP contribution in [-0.4, -0.2) is 31.2 Å². The van der Waals surface area contributed by atoms with E-state index in [-0.39, 0.29) is 0 Å². The third-order valence-electron chi connectivity index (χ3n) is 2.60. The highest BCUT2D eigenvalue weighted by Gasteiger charge is 2.22. The molecule has 0 bridgehead atoms. The summed E-state index contributed by atoms with van der Waals surface area (Å²) >= 11 is 0. The second-order valence-electron chi connectivity index (χ2n) is 3.80. The Kier molecular flexibility index (Phi) is 2.90. The predicted octanol–water partition coefficient (Wildman–Crippen LogP) is 1.53. The van der Waals surface area contributed by atoms with Crippen LogP contribution >= 0.6 is 0 Å². The molecule has 1 saturated heterocycles. The Hall–Kier alpha value is -0.550. The van der Waals surface area contributed by atoms with Gasteiger partial charge < -0.3 is 4.48 Å². The van der Waals surface area contributed by atoms with Crippen LogP contribution in [0, 0.1) is 11.3 Å². The van der Waals surface area contributed by atoms with Crippen LogP contribution in [0.2, 0.25) is 0 Å². The summed E-state index contributed by atoms with van der Waals surface area (Å²) in [6.45, 7) is 3.10. The Morgan fingerprint density at radius 3 is 2.18 bits per heavy atom. The number of likely N-dealkylation sites (tertiary alicyclic amines) is 1. The third kappa shape index (κ3) is 2.51. The molecule has 0 saturated carbocycles. The molecule has 2 nitrogen and oxygen atoms in total. The largest absolute Gasteiger partial charge is 0.314 e. The summed E-state index contributed by atoms with van der Waals surface area (Å²) < 4.78 is 0.983. The lowest BCUT2D eigenvalue weighted by molar-refractivity contribution is -0.902. The van der Waals surface area contributed by atoms with E-state index in [1.807, 2.05) is 0 Å². The maximum absolute atomic E-state index is 8.61. The molecule has 0 aromatic rings. The van der Waals surface area contributed by atoms with Crippen molar-refractivity contribution in [2.24, 2.45) is 0 Å². The van der Waals surface area contributed by atoms with Gasteiger partial charge in [0.05, 0.1) is 20.1 Å². The van der Waals surface area contributed by atoms with Crippen LogP contribution in [0.1, 0.15) is 25.7 Å². The second-order valence-corrected chi connectivity index (χ2v) is 3.80. The fraction of sp³-hybridized carbons (Fsp3) is 0.889. The standard InChI is InChI=1S/C9H17N2/c1-11(9-6-10)7-4-2-3-5-8-11/h2-5,7-9H2,1H3/q+1. The molecule has 0 aromatic carbocycles. The van der Waals surface area contributed by atoms with Crippen LogP contribution in [0.4, 0.5) is 0 Å². The van der Waals surface area contributed by atoms with Gasteiger partial charge >= 0.3 is 0 Å². The van der Waals surface area contributed by atoms with Crippen molar-refractivity contribution in [2.45, 2.75) is 25.7 Å². The van der Waals surface area contributed by atoms with Crippen LogP contribution in [-0.2, 0) is 0 Å². The smallest absolute Gasteiger partial charge is 0.166 e. The van der Waals surface area contributed by atoms with Gasteiger partial charge in [0, 0.05) is 0 Å². The zero-order chi connectivity index (χ0) is 8.16. The highest BCUT2D eigenvalue weighted by atomic mass is 15.3. The summed E-state index contributed by atoms with van der Waals surface area (Å²) in [4.78, 5) is 0. The summed E-state index contributed by atoms with van der Waals surface area (Å²) in [7, 11) is 2.20. The number of hydrogen-bond donors (Lipinski definition) is 0. The van der Waals surface area contributed by atoms with Crippen molar-refractivity contribution in [1.82, 2.24) is 0 Å². The van der Waals surface area contributed by atoms with Crippen molar-refractivity contribution in [1.29, 1.82) is 5.26 Å². The molecule has 0 amide bonds. The topological polar surface area (TPSA) is 23.8 Å². The van der Waals surface area contributed by atoms with Crippen LogP contribution in [0.25, 0.3) is 0 Å². The molecule has 1 heterocycles. The van der Waals surface area contributed by atoms with Crippen molar-refractivity contribution in [3.8, 4) is 6.07 Å². The molecule has 1 fully saturated rings. The molecule has 0 spiro atoms. The monoisotopic (exact) mass is 153 g/mol. The van der Waals surface area contributed by atoms with Gasteiger partial charge in [0.25, 0.3) is 0 Å². The molecule has 1 rings (SSSR count). The maximum atomic E-state index is 8.61. The lowest BCUT2D eigenvalue weighted by Crippen LogP contribution is -2.44. The fourth-order valence-corrected chi connectivity index (χ4v) is 1.78. The van der Waals surface area contributed by atoms with E-state index in [2.05, 4.69) is 13.1 Å². The zero-order valence-corrected chi connectivity index (χ0v) is 7.34. The zero-order valence-electron chi connectivity index (χ0n) is 7.34. The molecule has 1 aliphatic heterocycles. The molecule has 0 unspecified atom stereocenters. The van der Waals surface area contributed by atoms with Crippen LogP contribution < -0.4 is 0 Å². The Balaban J connectivity index is 2.46. The van der Waals surface area contributed by atoms with E-state index in [0.717, 1.165) is 4.48 Å². The van der Waals surface area contributed by atoms with Gasteiger partial charge in [0.2, 0.25) is 0 Å². The molecule has 0 radical (unpaired) electrons. The average Bonchev–Trinajstić information content (AvgIpc) is 2.15. The van der Waals surface area contributed by atoms with Crippen molar-refractivity contribution < 1.29 is 4.48 Å². The van der Waals surface area contributed by atoms with Crippen LogP contribution in [0.5, 0.6) is 0 Å². The van der Waals surface area contributed by atoms with E-state index in [1.165, 1.54) is 38.8 Å². The predicted molar refractivity (Wildman–Crippen MR) is 44.9 cm³/mol. The van der Waals surface area contributed by atoms with Crippen molar-refractivity contribution in [3.63, 3.8) is 0 Å². The van der Waals surface area contributed by atoms with Gasteiger partial charge in [-0.25, -0.2) is 0 Å². The lowest BCUT2D eigenvalue weighted by atomic mass is 10.2. The van der Waals surface area contributed by atoms with Crippen molar-refractivity contribution in [2.75, 3.05) is 26.7 Å². The number of nitrogens with zero attached hydrogens (tertiary/aromatic N) is 2. The third-order valence-corrected chi connectivity index (χ3v) is 2.60. The quantitative estimate of drug-likeness (QED) is 0.414. The van der Waals surface area contributed by atoms with Crippen LogP contribution in [0.3, 0.4) is 0 Å².